The Morgan fingerprint density at radius 1 is 1.06 bits per heavy atom. The molecule has 0 unspecified atom stereocenters. The van der Waals surface area contributed by atoms with Gasteiger partial charge in [-0.05, 0) is 29.2 Å². The quantitative estimate of drug-likeness (QED) is 0.410. The Morgan fingerprint density at radius 3 is 2.24 bits per heavy atom. The van der Waals surface area contributed by atoms with Crippen LogP contribution in [-0.2, 0) is 0 Å². The number of nitrogens with zero attached hydrogens (tertiary/aromatic N) is 4. The zero-order chi connectivity index (χ0) is 12.3. The van der Waals surface area contributed by atoms with Gasteiger partial charge in [-0.2, -0.15) is 0 Å². The lowest BCUT2D eigenvalue weighted by Crippen LogP contribution is -2.01. The van der Waals surface area contributed by atoms with Crippen LogP contribution in [0.2, 0.25) is 0 Å². The van der Waals surface area contributed by atoms with E-state index in [9.17, 15) is 0 Å². The van der Waals surface area contributed by atoms with Crippen molar-refractivity contribution < 1.29 is 0 Å². The first kappa shape index (κ1) is 13.9. The van der Waals surface area contributed by atoms with Crippen LogP contribution in [0, 0.1) is 5.92 Å². The summed E-state index contributed by atoms with van der Waals surface area (Å²) in [6.45, 7) is 3.58. The van der Waals surface area contributed by atoms with Gasteiger partial charge in [-0.15, -0.1) is 5.10 Å². The van der Waals surface area contributed by atoms with Gasteiger partial charge >= 0.3 is 0 Å². The van der Waals surface area contributed by atoms with Gasteiger partial charge in [0.15, 0.2) is 0 Å². The molecule has 0 aromatic rings. The van der Waals surface area contributed by atoms with Crippen LogP contribution in [0.3, 0.4) is 0 Å². The highest BCUT2D eigenvalue weighted by Gasteiger charge is 2.07. The van der Waals surface area contributed by atoms with Crippen LogP contribution in [-0.4, -0.2) is 18.3 Å². The highest BCUT2D eigenvalue weighted by atomic mass is 15.6. The maximum absolute atomic E-state index is 4.03. The third kappa shape index (κ3) is 6.87. The fourth-order valence-corrected chi connectivity index (χ4v) is 2.06. The fourth-order valence-electron chi connectivity index (χ4n) is 2.06. The summed E-state index contributed by atoms with van der Waals surface area (Å²) in [7, 11) is 1.78. The largest absolute Gasteiger partial charge is 0.256 e. The van der Waals surface area contributed by atoms with Gasteiger partial charge in [0.05, 0.1) is 0 Å². The molecular formula is C13H24N4. The topological polar surface area (TPSA) is 40.3 Å². The second kappa shape index (κ2) is 8.90. The van der Waals surface area contributed by atoms with Crippen LogP contribution in [0.1, 0.15) is 51.4 Å². The number of rotatable bonds is 4. The average Bonchev–Trinajstić information content (AvgIpc) is 2.48. The molecule has 0 aliphatic heterocycles. The molecule has 0 radical (unpaired) electrons. The molecule has 0 atom stereocenters. The molecule has 0 N–H and O–H groups in total. The first-order chi connectivity index (χ1) is 8.33. The molecule has 0 amide bonds. The first-order valence-electron chi connectivity index (χ1n) is 6.62. The van der Waals surface area contributed by atoms with Crippen LogP contribution in [0.25, 0.3) is 0 Å². The number of hydrogen-bond donors (Lipinski definition) is 0. The van der Waals surface area contributed by atoms with E-state index in [-0.39, 0.29) is 0 Å². The van der Waals surface area contributed by atoms with Crippen molar-refractivity contribution >= 4 is 6.21 Å². The Balaban J connectivity index is 2.33. The standard InChI is InChI=1S/C13H24N4/c1-3-17(2)16-15-14-12-13-10-8-6-4-5-7-9-11-13/h3,12-13H,1,4-11H2,2H3/b14-12+,16-15-. The Hall–Kier alpha value is -1.19. The molecular weight excluding hydrogens is 212 g/mol. The lowest BCUT2D eigenvalue weighted by atomic mass is 9.98. The Bertz CT molecular complexity index is 250. The highest BCUT2D eigenvalue weighted by Crippen LogP contribution is 2.20. The maximum Gasteiger partial charge on any atom is 0.0320 e. The van der Waals surface area contributed by atoms with Crippen LogP contribution in [0.5, 0.6) is 0 Å². The minimum absolute atomic E-state index is 0.584. The zero-order valence-corrected chi connectivity index (χ0v) is 10.9. The smallest absolute Gasteiger partial charge is 0.0320 e. The Labute approximate surface area is 104 Å². The van der Waals surface area contributed by atoms with E-state index in [4.69, 9.17) is 0 Å². The Morgan fingerprint density at radius 2 is 1.65 bits per heavy atom. The molecule has 0 heterocycles. The SMILES string of the molecule is C=CN(C)/N=N\N=C\C1CCCCCCCC1. The van der Waals surface area contributed by atoms with Crippen molar-refractivity contribution in [1.82, 2.24) is 5.01 Å². The van der Waals surface area contributed by atoms with E-state index >= 15 is 0 Å². The Kier molecular flexibility index (Phi) is 7.27. The summed E-state index contributed by atoms with van der Waals surface area (Å²) < 4.78 is 0. The van der Waals surface area contributed by atoms with E-state index in [1.807, 2.05) is 6.21 Å². The monoisotopic (exact) mass is 236 g/mol. The fraction of sp³-hybridized carbons (Fsp3) is 0.769. The van der Waals surface area contributed by atoms with Crippen LogP contribution in [0.4, 0.5) is 0 Å². The molecule has 1 rings (SSSR count). The summed E-state index contributed by atoms with van der Waals surface area (Å²) >= 11 is 0. The van der Waals surface area contributed by atoms with Crippen LogP contribution < -0.4 is 0 Å². The van der Waals surface area contributed by atoms with E-state index in [0.29, 0.717) is 5.92 Å². The summed E-state index contributed by atoms with van der Waals surface area (Å²) in [5.74, 6) is 0.584. The van der Waals surface area contributed by atoms with Crippen molar-refractivity contribution in [1.29, 1.82) is 0 Å². The average molecular weight is 236 g/mol. The van der Waals surface area contributed by atoms with Gasteiger partial charge in [0, 0.05) is 19.5 Å². The summed E-state index contributed by atoms with van der Waals surface area (Å²) in [6.07, 6.45) is 14.2. The first-order valence-corrected chi connectivity index (χ1v) is 6.62. The minimum atomic E-state index is 0.584. The summed E-state index contributed by atoms with van der Waals surface area (Å²) in [4.78, 5) is 0. The molecule has 17 heavy (non-hydrogen) atoms. The molecule has 96 valence electrons. The summed E-state index contributed by atoms with van der Waals surface area (Å²) in [5.41, 5.74) is 0. The van der Waals surface area contributed by atoms with Gasteiger partial charge in [-0.25, -0.2) is 0 Å². The third-order valence-corrected chi connectivity index (χ3v) is 3.17. The molecule has 0 spiro atoms. The lowest BCUT2D eigenvalue weighted by Gasteiger charge is -2.08. The van der Waals surface area contributed by atoms with Crippen LogP contribution >= 0.6 is 0 Å². The van der Waals surface area contributed by atoms with Gasteiger partial charge in [0.25, 0.3) is 0 Å². The highest BCUT2D eigenvalue weighted by molar-refractivity contribution is 5.60. The predicted molar refractivity (Wildman–Crippen MR) is 71.7 cm³/mol. The predicted octanol–water partition coefficient (Wildman–Crippen LogP) is 4.17. The summed E-state index contributed by atoms with van der Waals surface area (Å²) in [6, 6.07) is 0. The molecule has 4 heteroatoms. The van der Waals surface area contributed by atoms with Crippen LogP contribution in [0.15, 0.2) is 28.3 Å². The molecule has 0 aromatic carbocycles. The van der Waals surface area contributed by atoms with E-state index in [0.717, 1.165) is 0 Å². The molecule has 1 fully saturated rings. The van der Waals surface area contributed by atoms with Crippen molar-refractivity contribution in [2.24, 2.45) is 21.5 Å². The lowest BCUT2D eigenvalue weighted by molar-refractivity contribution is 0.448. The van der Waals surface area contributed by atoms with Crippen molar-refractivity contribution in [2.45, 2.75) is 51.4 Å². The molecule has 0 aromatic heterocycles. The van der Waals surface area contributed by atoms with Gasteiger partial charge < -0.3 is 0 Å². The van der Waals surface area contributed by atoms with E-state index in [2.05, 4.69) is 22.1 Å². The molecule has 0 saturated heterocycles. The van der Waals surface area contributed by atoms with Crippen molar-refractivity contribution in [2.75, 3.05) is 7.05 Å². The van der Waals surface area contributed by atoms with Gasteiger partial charge in [-0.3, -0.25) is 5.01 Å². The molecule has 4 nitrogen and oxygen atoms in total. The van der Waals surface area contributed by atoms with Gasteiger partial charge in [-0.1, -0.05) is 45.1 Å². The normalized spacial score (nSPS) is 20.1. The molecule has 1 aliphatic carbocycles. The van der Waals surface area contributed by atoms with Crippen molar-refractivity contribution in [3.8, 4) is 0 Å². The van der Waals surface area contributed by atoms with E-state index < -0.39 is 0 Å². The molecule has 0 bridgehead atoms. The summed E-state index contributed by atoms with van der Waals surface area (Å²) in [5, 5.41) is 13.2. The minimum Gasteiger partial charge on any atom is -0.256 e. The van der Waals surface area contributed by atoms with E-state index in [1.165, 1.54) is 51.4 Å². The number of hydrogen-bond acceptors (Lipinski definition) is 2. The third-order valence-electron chi connectivity index (χ3n) is 3.17. The van der Waals surface area contributed by atoms with Gasteiger partial charge in [0.1, 0.15) is 0 Å². The zero-order valence-electron chi connectivity index (χ0n) is 10.9. The molecule has 1 saturated carbocycles. The second-order valence-corrected chi connectivity index (χ2v) is 4.66. The van der Waals surface area contributed by atoms with Gasteiger partial charge in [0.2, 0.25) is 0 Å². The van der Waals surface area contributed by atoms with E-state index in [1.54, 1.807) is 18.3 Å². The molecule has 1 aliphatic rings. The second-order valence-electron chi connectivity index (χ2n) is 4.66. The van der Waals surface area contributed by atoms with Crippen molar-refractivity contribution in [3.63, 3.8) is 0 Å². The maximum atomic E-state index is 4.03. The van der Waals surface area contributed by atoms with Crippen molar-refractivity contribution in [3.05, 3.63) is 12.8 Å².